The van der Waals surface area contributed by atoms with Gasteiger partial charge < -0.3 is 18.9 Å². The van der Waals surface area contributed by atoms with Gasteiger partial charge >= 0.3 is 5.97 Å². The molecule has 0 spiro atoms. The van der Waals surface area contributed by atoms with Crippen LogP contribution in [-0.4, -0.2) is 40.6 Å². The average Bonchev–Trinajstić information content (AvgIpc) is 3.10. The molecule has 0 N–H and O–H groups in total. The molecule has 0 saturated carbocycles. The fourth-order valence-corrected chi connectivity index (χ4v) is 3.52. The number of piperidine rings is 1. The standard InChI is InChI=1S/C21H26N2O5/c1-14-11-19(28-22-14)12-27-21(25)17-7-9-18(10-8-17)26-13-20(24)23-15(2)5-4-6-16(23)3/h7-11,15-16H,4-6,12-13H2,1-3H3. The highest BCUT2D eigenvalue weighted by Crippen LogP contribution is 2.23. The number of likely N-dealkylation sites (tertiary alicyclic amines) is 1. The first-order valence-corrected chi connectivity index (χ1v) is 9.57. The summed E-state index contributed by atoms with van der Waals surface area (Å²) in [4.78, 5) is 26.5. The van der Waals surface area contributed by atoms with Crippen molar-refractivity contribution in [1.29, 1.82) is 0 Å². The molecule has 2 aromatic rings. The third-order valence-electron chi connectivity index (χ3n) is 4.96. The van der Waals surface area contributed by atoms with E-state index in [0.29, 0.717) is 17.1 Å². The SMILES string of the molecule is Cc1cc(COC(=O)c2ccc(OCC(=O)N3C(C)CCCC3C)cc2)on1. The van der Waals surface area contributed by atoms with Crippen LogP contribution in [0.3, 0.4) is 0 Å². The molecule has 7 nitrogen and oxygen atoms in total. The molecule has 0 radical (unpaired) electrons. The number of esters is 1. The lowest BCUT2D eigenvalue weighted by Crippen LogP contribution is -2.49. The molecule has 1 aliphatic heterocycles. The lowest BCUT2D eigenvalue weighted by atomic mass is 9.97. The highest BCUT2D eigenvalue weighted by atomic mass is 16.5. The Morgan fingerprint density at radius 2 is 1.86 bits per heavy atom. The van der Waals surface area contributed by atoms with Crippen LogP contribution in [0.1, 0.15) is 54.9 Å². The molecule has 1 aromatic carbocycles. The normalized spacial score (nSPS) is 19.3. The van der Waals surface area contributed by atoms with Crippen LogP contribution in [-0.2, 0) is 16.1 Å². The maximum absolute atomic E-state index is 12.5. The molecule has 3 rings (SSSR count). The Kier molecular flexibility index (Phi) is 6.34. The van der Waals surface area contributed by atoms with Gasteiger partial charge in [0.25, 0.3) is 5.91 Å². The van der Waals surface area contributed by atoms with Crippen molar-refractivity contribution in [2.24, 2.45) is 0 Å². The molecule has 1 aromatic heterocycles. The van der Waals surface area contributed by atoms with Gasteiger partial charge in [0.1, 0.15) is 5.75 Å². The molecule has 1 amide bonds. The molecule has 28 heavy (non-hydrogen) atoms. The summed E-state index contributed by atoms with van der Waals surface area (Å²) in [6.07, 6.45) is 3.21. The second-order valence-corrected chi connectivity index (χ2v) is 7.25. The van der Waals surface area contributed by atoms with E-state index in [1.165, 1.54) is 0 Å². The van der Waals surface area contributed by atoms with E-state index in [2.05, 4.69) is 19.0 Å². The van der Waals surface area contributed by atoms with Gasteiger partial charge in [-0.3, -0.25) is 4.79 Å². The van der Waals surface area contributed by atoms with Gasteiger partial charge in [-0.05, 0) is 64.3 Å². The number of hydrogen-bond donors (Lipinski definition) is 0. The van der Waals surface area contributed by atoms with Gasteiger partial charge in [-0.15, -0.1) is 0 Å². The van der Waals surface area contributed by atoms with Crippen molar-refractivity contribution >= 4 is 11.9 Å². The van der Waals surface area contributed by atoms with E-state index in [4.69, 9.17) is 14.0 Å². The molecule has 1 saturated heterocycles. The first-order chi connectivity index (χ1) is 13.4. The smallest absolute Gasteiger partial charge is 0.338 e. The van der Waals surface area contributed by atoms with Gasteiger partial charge in [0.2, 0.25) is 0 Å². The maximum atomic E-state index is 12.5. The van der Waals surface area contributed by atoms with Crippen molar-refractivity contribution < 1.29 is 23.6 Å². The molecule has 1 fully saturated rings. The third-order valence-corrected chi connectivity index (χ3v) is 4.96. The number of amides is 1. The summed E-state index contributed by atoms with van der Waals surface area (Å²) in [6, 6.07) is 8.73. The zero-order valence-electron chi connectivity index (χ0n) is 16.5. The second kappa shape index (κ2) is 8.91. The van der Waals surface area contributed by atoms with Gasteiger partial charge in [0.15, 0.2) is 19.0 Å². The minimum atomic E-state index is -0.465. The number of hydrogen-bond acceptors (Lipinski definition) is 6. The number of rotatable bonds is 6. The predicted molar refractivity (Wildman–Crippen MR) is 102 cm³/mol. The summed E-state index contributed by atoms with van der Waals surface area (Å²) in [7, 11) is 0. The van der Waals surface area contributed by atoms with Crippen LogP contribution < -0.4 is 4.74 Å². The molecule has 2 heterocycles. The number of carbonyl (C=O) groups is 2. The number of nitrogens with zero attached hydrogens (tertiary/aromatic N) is 2. The minimum Gasteiger partial charge on any atom is -0.484 e. The number of ether oxygens (including phenoxy) is 2. The molecular formula is C21H26N2O5. The third kappa shape index (κ3) is 4.91. The maximum Gasteiger partial charge on any atom is 0.338 e. The van der Waals surface area contributed by atoms with E-state index < -0.39 is 5.97 Å². The van der Waals surface area contributed by atoms with Crippen LogP contribution in [0.5, 0.6) is 5.75 Å². The van der Waals surface area contributed by atoms with Gasteiger partial charge in [0, 0.05) is 18.2 Å². The van der Waals surface area contributed by atoms with Crippen LogP contribution >= 0.6 is 0 Å². The first-order valence-electron chi connectivity index (χ1n) is 9.57. The lowest BCUT2D eigenvalue weighted by Gasteiger charge is -2.38. The molecule has 2 unspecified atom stereocenters. The molecule has 2 atom stereocenters. The van der Waals surface area contributed by atoms with Crippen LogP contribution in [0.25, 0.3) is 0 Å². The molecular weight excluding hydrogens is 360 g/mol. The van der Waals surface area contributed by atoms with Crippen molar-refractivity contribution in [3.05, 3.63) is 47.3 Å². The Morgan fingerprint density at radius 1 is 1.18 bits per heavy atom. The summed E-state index contributed by atoms with van der Waals surface area (Å²) in [5.74, 6) is 0.553. The average molecular weight is 386 g/mol. The second-order valence-electron chi connectivity index (χ2n) is 7.25. The Bertz CT molecular complexity index is 804. The summed E-state index contributed by atoms with van der Waals surface area (Å²) < 4.78 is 15.8. The van der Waals surface area contributed by atoms with Crippen LogP contribution in [0, 0.1) is 6.92 Å². The Morgan fingerprint density at radius 3 is 2.46 bits per heavy atom. The number of aromatic nitrogens is 1. The zero-order chi connectivity index (χ0) is 20.1. The van der Waals surface area contributed by atoms with Gasteiger partial charge in [-0.25, -0.2) is 4.79 Å². The van der Waals surface area contributed by atoms with Crippen molar-refractivity contribution in [2.75, 3.05) is 6.61 Å². The zero-order valence-corrected chi connectivity index (χ0v) is 16.5. The van der Waals surface area contributed by atoms with E-state index in [1.807, 2.05) is 4.90 Å². The van der Waals surface area contributed by atoms with E-state index in [1.54, 1.807) is 37.3 Å². The quantitative estimate of drug-likeness (QED) is 0.707. The van der Waals surface area contributed by atoms with Gasteiger partial charge in [0.05, 0.1) is 11.3 Å². The van der Waals surface area contributed by atoms with E-state index in [0.717, 1.165) is 25.0 Å². The van der Waals surface area contributed by atoms with Crippen molar-refractivity contribution in [2.45, 2.75) is 58.7 Å². The number of aryl methyl sites for hydroxylation is 1. The monoisotopic (exact) mass is 386 g/mol. The van der Waals surface area contributed by atoms with E-state index in [9.17, 15) is 9.59 Å². The summed E-state index contributed by atoms with van der Waals surface area (Å²) in [5.41, 5.74) is 1.13. The van der Waals surface area contributed by atoms with E-state index >= 15 is 0 Å². The molecule has 150 valence electrons. The predicted octanol–water partition coefficient (Wildman–Crippen LogP) is 3.51. The van der Waals surface area contributed by atoms with Crippen molar-refractivity contribution in [3.8, 4) is 5.75 Å². The summed E-state index contributed by atoms with van der Waals surface area (Å²) in [6.45, 7) is 5.97. The minimum absolute atomic E-state index is 0.00876. The van der Waals surface area contributed by atoms with Crippen molar-refractivity contribution in [3.63, 3.8) is 0 Å². The fraction of sp³-hybridized carbons (Fsp3) is 0.476. The summed E-state index contributed by atoms with van der Waals surface area (Å²) in [5, 5.41) is 3.74. The van der Waals surface area contributed by atoms with Crippen molar-refractivity contribution in [1.82, 2.24) is 10.1 Å². The largest absolute Gasteiger partial charge is 0.484 e. The van der Waals surface area contributed by atoms with Gasteiger partial charge in [-0.1, -0.05) is 5.16 Å². The fourth-order valence-electron chi connectivity index (χ4n) is 3.52. The molecule has 0 aliphatic carbocycles. The number of benzene rings is 1. The van der Waals surface area contributed by atoms with Gasteiger partial charge in [-0.2, -0.15) is 0 Å². The topological polar surface area (TPSA) is 81.9 Å². The Hall–Kier alpha value is -2.83. The number of carbonyl (C=O) groups excluding carboxylic acids is 2. The molecule has 1 aliphatic rings. The molecule has 7 heteroatoms. The first kappa shape index (κ1) is 19.9. The highest BCUT2D eigenvalue weighted by molar-refractivity contribution is 5.89. The van der Waals surface area contributed by atoms with Crippen LogP contribution in [0.4, 0.5) is 0 Å². The van der Waals surface area contributed by atoms with Crippen LogP contribution in [0.15, 0.2) is 34.9 Å². The Balaban J connectivity index is 1.49. The summed E-state index contributed by atoms with van der Waals surface area (Å²) >= 11 is 0. The van der Waals surface area contributed by atoms with Crippen LogP contribution in [0.2, 0.25) is 0 Å². The van der Waals surface area contributed by atoms with E-state index in [-0.39, 0.29) is 31.2 Å². The Labute approximate surface area is 164 Å². The lowest BCUT2D eigenvalue weighted by molar-refractivity contribution is -0.139. The molecule has 0 bridgehead atoms. The highest BCUT2D eigenvalue weighted by Gasteiger charge is 2.28.